The Kier molecular flexibility index (Phi) is 6.42. The number of carbonyl (C=O) groups is 1. The number of piperazine rings is 1. The fourth-order valence-corrected chi connectivity index (χ4v) is 5.14. The zero-order valence-electron chi connectivity index (χ0n) is 17.5. The van der Waals surface area contributed by atoms with Crippen LogP contribution in [0.5, 0.6) is 0 Å². The third-order valence-corrected chi connectivity index (χ3v) is 7.19. The van der Waals surface area contributed by atoms with Crippen molar-refractivity contribution in [3.05, 3.63) is 52.9 Å². The molecule has 0 radical (unpaired) electrons. The summed E-state index contributed by atoms with van der Waals surface area (Å²) in [7, 11) is 0. The van der Waals surface area contributed by atoms with Gasteiger partial charge in [0.15, 0.2) is 10.8 Å². The highest BCUT2D eigenvalue weighted by molar-refractivity contribution is 7.13. The molecule has 0 N–H and O–H groups in total. The number of thiazole rings is 1. The standard InChI is InChI=1S/C22H23N5O3S2/c28-20(14-16-15-32-22(23-16)17-4-2-12-29-17)27-10-8-26(9-11-27)7-1-6-19-24-21(25-30-19)18-5-3-13-31-18/h2-5,12-13,15H,1,6-11,14H2. The van der Waals surface area contributed by atoms with E-state index in [0.717, 1.165) is 66.9 Å². The fraction of sp³-hybridized carbons (Fsp3) is 0.364. The van der Waals surface area contributed by atoms with Gasteiger partial charge in [-0.1, -0.05) is 11.2 Å². The third-order valence-electron chi connectivity index (χ3n) is 5.42. The molecule has 166 valence electrons. The minimum absolute atomic E-state index is 0.132. The van der Waals surface area contributed by atoms with Gasteiger partial charge in [-0.05, 0) is 36.5 Å². The number of nitrogens with zero attached hydrogens (tertiary/aromatic N) is 5. The Bertz CT molecular complexity index is 1130. The van der Waals surface area contributed by atoms with Crippen LogP contribution in [-0.4, -0.2) is 63.6 Å². The maximum atomic E-state index is 12.7. The lowest BCUT2D eigenvalue weighted by Crippen LogP contribution is -2.49. The van der Waals surface area contributed by atoms with Gasteiger partial charge in [0, 0.05) is 38.0 Å². The second-order valence-corrected chi connectivity index (χ2v) is 9.42. The van der Waals surface area contributed by atoms with Gasteiger partial charge < -0.3 is 13.8 Å². The molecule has 10 heteroatoms. The van der Waals surface area contributed by atoms with Gasteiger partial charge >= 0.3 is 0 Å². The minimum atomic E-state index is 0.132. The lowest BCUT2D eigenvalue weighted by Gasteiger charge is -2.34. The van der Waals surface area contributed by atoms with Crippen LogP contribution in [-0.2, 0) is 17.6 Å². The van der Waals surface area contributed by atoms with Gasteiger partial charge in [-0.2, -0.15) is 4.98 Å². The Morgan fingerprint density at radius 3 is 2.78 bits per heavy atom. The molecule has 0 spiro atoms. The van der Waals surface area contributed by atoms with Crippen molar-refractivity contribution in [3.63, 3.8) is 0 Å². The number of aromatic nitrogens is 3. The van der Waals surface area contributed by atoms with Crippen LogP contribution in [0.15, 0.2) is 50.2 Å². The summed E-state index contributed by atoms with van der Waals surface area (Å²) < 4.78 is 10.8. The average molecular weight is 470 g/mol. The van der Waals surface area contributed by atoms with Crippen LogP contribution in [0.4, 0.5) is 0 Å². The lowest BCUT2D eigenvalue weighted by atomic mass is 10.2. The second-order valence-electron chi connectivity index (χ2n) is 7.61. The van der Waals surface area contributed by atoms with Crippen molar-refractivity contribution in [2.75, 3.05) is 32.7 Å². The first kappa shape index (κ1) is 21.0. The van der Waals surface area contributed by atoms with E-state index in [9.17, 15) is 4.79 Å². The molecular formula is C22H23N5O3S2. The SMILES string of the molecule is O=C(Cc1csc(-c2ccco2)n1)N1CCN(CCCc2nc(-c3cccs3)no2)CC1. The van der Waals surface area contributed by atoms with Gasteiger partial charge in [-0.25, -0.2) is 4.98 Å². The fourth-order valence-electron chi connectivity index (χ4n) is 3.71. The molecule has 0 atom stereocenters. The summed E-state index contributed by atoms with van der Waals surface area (Å²) >= 11 is 3.11. The predicted molar refractivity (Wildman–Crippen MR) is 122 cm³/mol. The number of carbonyl (C=O) groups excluding carboxylic acids is 1. The van der Waals surface area contributed by atoms with Crippen LogP contribution in [0.2, 0.25) is 0 Å². The van der Waals surface area contributed by atoms with Crippen molar-refractivity contribution in [2.24, 2.45) is 0 Å². The molecular weight excluding hydrogens is 446 g/mol. The largest absolute Gasteiger partial charge is 0.462 e. The normalized spacial score (nSPS) is 14.8. The first-order valence-electron chi connectivity index (χ1n) is 10.6. The van der Waals surface area contributed by atoms with Crippen LogP contribution in [0.1, 0.15) is 18.0 Å². The Morgan fingerprint density at radius 1 is 1.09 bits per heavy atom. The topological polar surface area (TPSA) is 88.5 Å². The van der Waals surface area contributed by atoms with Gasteiger partial charge in [0.1, 0.15) is 0 Å². The molecule has 5 rings (SSSR count). The van der Waals surface area contributed by atoms with Gasteiger partial charge in [-0.15, -0.1) is 22.7 Å². The summed E-state index contributed by atoms with van der Waals surface area (Å²) in [6, 6.07) is 7.69. The number of amides is 1. The number of furan rings is 1. The molecule has 0 unspecified atom stereocenters. The highest BCUT2D eigenvalue weighted by atomic mass is 32.1. The van der Waals surface area contributed by atoms with E-state index in [1.165, 1.54) is 11.3 Å². The molecule has 0 bridgehead atoms. The second kappa shape index (κ2) is 9.76. The number of thiophene rings is 1. The summed E-state index contributed by atoms with van der Waals surface area (Å²) in [5, 5.41) is 8.81. The van der Waals surface area contributed by atoms with E-state index in [4.69, 9.17) is 8.94 Å². The Hall–Kier alpha value is -2.82. The van der Waals surface area contributed by atoms with Gasteiger partial charge in [0.25, 0.3) is 0 Å². The molecule has 0 saturated carbocycles. The molecule has 1 fully saturated rings. The smallest absolute Gasteiger partial charge is 0.228 e. The summed E-state index contributed by atoms with van der Waals surface area (Å²) in [5.41, 5.74) is 0.801. The van der Waals surface area contributed by atoms with Crippen molar-refractivity contribution in [3.8, 4) is 21.5 Å². The molecule has 4 aromatic rings. The first-order valence-corrected chi connectivity index (χ1v) is 12.4. The van der Waals surface area contributed by atoms with Crippen LogP contribution in [0, 0.1) is 0 Å². The Morgan fingerprint density at radius 2 is 2.00 bits per heavy atom. The van der Waals surface area contributed by atoms with E-state index < -0.39 is 0 Å². The summed E-state index contributed by atoms with van der Waals surface area (Å²) in [6.45, 7) is 4.21. The molecule has 8 nitrogen and oxygen atoms in total. The van der Waals surface area contributed by atoms with Crippen molar-refractivity contribution >= 4 is 28.6 Å². The quantitative estimate of drug-likeness (QED) is 0.387. The number of hydrogen-bond acceptors (Lipinski definition) is 9. The highest BCUT2D eigenvalue weighted by Crippen LogP contribution is 2.24. The molecule has 4 aromatic heterocycles. The zero-order valence-corrected chi connectivity index (χ0v) is 19.1. The van der Waals surface area contributed by atoms with Crippen LogP contribution >= 0.6 is 22.7 Å². The molecule has 1 aliphatic rings. The van der Waals surface area contributed by atoms with E-state index in [1.807, 2.05) is 39.9 Å². The van der Waals surface area contributed by atoms with E-state index in [1.54, 1.807) is 17.6 Å². The van der Waals surface area contributed by atoms with Crippen LogP contribution in [0.25, 0.3) is 21.5 Å². The van der Waals surface area contributed by atoms with E-state index in [0.29, 0.717) is 18.1 Å². The van der Waals surface area contributed by atoms with Gasteiger partial charge in [0.2, 0.25) is 17.6 Å². The predicted octanol–water partition coefficient (Wildman–Crippen LogP) is 3.83. The monoisotopic (exact) mass is 469 g/mol. The lowest BCUT2D eigenvalue weighted by molar-refractivity contribution is -0.132. The molecule has 0 aliphatic carbocycles. The molecule has 32 heavy (non-hydrogen) atoms. The van der Waals surface area contributed by atoms with Gasteiger partial charge in [0.05, 0.1) is 23.3 Å². The third kappa shape index (κ3) is 4.98. The number of aryl methyl sites for hydroxylation is 1. The van der Waals surface area contributed by atoms with Crippen LogP contribution < -0.4 is 0 Å². The molecule has 1 aliphatic heterocycles. The number of hydrogen-bond donors (Lipinski definition) is 0. The Balaban J connectivity index is 1.04. The number of rotatable bonds is 8. The van der Waals surface area contributed by atoms with Crippen LogP contribution in [0.3, 0.4) is 0 Å². The molecule has 1 amide bonds. The average Bonchev–Trinajstić information content (AvgIpc) is 3.62. The van der Waals surface area contributed by atoms with Crippen molar-refractivity contribution in [1.29, 1.82) is 0 Å². The molecule has 5 heterocycles. The van der Waals surface area contributed by atoms with Gasteiger partial charge in [-0.3, -0.25) is 9.69 Å². The Labute approximate surface area is 193 Å². The highest BCUT2D eigenvalue weighted by Gasteiger charge is 2.22. The summed E-state index contributed by atoms with van der Waals surface area (Å²) in [6.07, 6.45) is 3.68. The van der Waals surface area contributed by atoms with E-state index >= 15 is 0 Å². The van der Waals surface area contributed by atoms with E-state index in [-0.39, 0.29) is 5.91 Å². The zero-order chi connectivity index (χ0) is 21.8. The summed E-state index contributed by atoms with van der Waals surface area (Å²) in [4.78, 5) is 27.1. The molecule has 1 saturated heterocycles. The van der Waals surface area contributed by atoms with Crippen molar-refractivity contribution in [2.45, 2.75) is 19.3 Å². The van der Waals surface area contributed by atoms with Crippen molar-refractivity contribution < 1.29 is 13.7 Å². The first-order chi connectivity index (χ1) is 15.7. The summed E-state index contributed by atoms with van der Waals surface area (Å²) in [5.74, 6) is 2.22. The van der Waals surface area contributed by atoms with Crippen molar-refractivity contribution in [1.82, 2.24) is 24.9 Å². The minimum Gasteiger partial charge on any atom is -0.462 e. The maximum Gasteiger partial charge on any atom is 0.228 e. The van der Waals surface area contributed by atoms with E-state index in [2.05, 4.69) is 20.0 Å². The molecule has 0 aromatic carbocycles. The maximum absolute atomic E-state index is 12.7.